The molecular formula is C18H22N4O2. The third kappa shape index (κ3) is 3.89. The molecule has 6 heteroatoms. The molecule has 0 atom stereocenters. The summed E-state index contributed by atoms with van der Waals surface area (Å²) in [6.45, 7) is 5.38. The van der Waals surface area contributed by atoms with Gasteiger partial charge in [-0.3, -0.25) is 4.79 Å². The number of para-hydroxylation sites is 1. The lowest BCUT2D eigenvalue weighted by Crippen LogP contribution is -2.28. The smallest absolute Gasteiger partial charge is 0.228 e. The second kappa shape index (κ2) is 7.40. The predicted molar refractivity (Wildman–Crippen MR) is 93.4 cm³/mol. The van der Waals surface area contributed by atoms with E-state index in [9.17, 15) is 4.79 Å². The Hall–Kier alpha value is -2.47. The molecule has 0 radical (unpaired) electrons. The van der Waals surface area contributed by atoms with Crippen molar-refractivity contribution in [3.63, 3.8) is 0 Å². The van der Waals surface area contributed by atoms with Crippen molar-refractivity contribution in [2.75, 3.05) is 23.8 Å². The van der Waals surface area contributed by atoms with Crippen LogP contribution < -0.4 is 10.6 Å². The number of nitrogens with one attached hydrogen (secondary N) is 2. The summed E-state index contributed by atoms with van der Waals surface area (Å²) in [6.07, 6.45) is 1.51. The Morgan fingerprint density at radius 2 is 1.67 bits per heavy atom. The molecule has 1 aromatic carbocycles. The van der Waals surface area contributed by atoms with Crippen LogP contribution in [0.15, 0.2) is 30.3 Å². The summed E-state index contributed by atoms with van der Waals surface area (Å²) in [4.78, 5) is 12.2. The SMILES string of the molecule is Cc1cccc(C)c1Nc1ccc(NC(=O)C2CCOCC2)nn1. The predicted octanol–water partition coefficient (Wildman–Crippen LogP) is 3.20. The largest absolute Gasteiger partial charge is 0.381 e. The highest BCUT2D eigenvalue weighted by Gasteiger charge is 2.21. The molecule has 0 spiro atoms. The normalized spacial score (nSPS) is 15.1. The van der Waals surface area contributed by atoms with E-state index >= 15 is 0 Å². The van der Waals surface area contributed by atoms with Crippen molar-refractivity contribution >= 4 is 23.2 Å². The number of anilines is 3. The van der Waals surface area contributed by atoms with Gasteiger partial charge in [0.25, 0.3) is 0 Å². The summed E-state index contributed by atoms with van der Waals surface area (Å²) in [5.41, 5.74) is 3.33. The standard InChI is InChI=1S/C18H22N4O2/c1-12-4-3-5-13(2)17(12)19-15-6-7-16(22-21-15)20-18(23)14-8-10-24-11-9-14/h3-7,14H,8-11H2,1-2H3,(H,19,21)(H,20,22,23). The zero-order valence-corrected chi connectivity index (χ0v) is 14.0. The van der Waals surface area contributed by atoms with Crippen LogP contribution in [0.25, 0.3) is 0 Å². The van der Waals surface area contributed by atoms with Crippen LogP contribution >= 0.6 is 0 Å². The Kier molecular flexibility index (Phi) is 5.05. The molecule has 1 aliphatic rings. The van der Waals surface area contributed by atoms with Crippen LogP contribution in [0.2, 0.25) is 0 Å². The van der Waals surface area contributed by atoms with Gasteiger partial charge in [-0.25, -0.2) is 0 Å². The lowest BCUT2D eigenvalue weighted by molar-refractivity contribution is -0.122. The summed E-state index contributed by atoms with van der Waals surface area (Å²) in [5, 5.41) is 14.4. The van der Waals surface area contributed by atoms with Gasteiger partial charge in [0.2, 0.25) is 5.91 Å². The van der Waals surface area contributed by atoms with E-state index in [1.807, 2.05) is 38.1 Å². The molecule has 1 aliphatic heterocycles. The van der Waals surface area contributed by atoms with E-state index in [2.05, 4.69) is 20.8 Å². The van der Waals surface area contributed by atoms with Crippen LogP contribution in [-0.2, 0) is 9.53 Å². The van der Waals surface area contributed by atoms with Crippen molar-refractivity contribution in [2.24, 2.45) is 5.92 Å². The summed E-state index contributed by atoms with van der Waals surface area (Å²) in [6, 6.07) is 9.70. The molecule has 2 heterocycles. The molecule has 3 rings (SSSR count). The van der Waals surface area contributed by atoms with E-state index in [-0.39, 0.29) is 11.8 Å². The van der Waals surface area contributed by atoms with Gasteiger partial charge >= 0.3 is 0 Å². The third-order valence-electron chi connectivity index (χ3n) is 4.24. The van der Waals surface area contributed by atoms with Gasteiger partial charge in [-0.05, 0) is 49.9 Å². The molecule has 1 saturated heterocycles. The number of benzene rings is 1. The average molecular weight is 326 g/mol. The molecule has 0 aliphatic carbocycles. The zero-order chi connectivity index (χ0) is 16.9. The van der Waals surface area contributed by atoms with Crippen molar-refractivity contribution in [1.82, 2.24) is 10.2 Å². The number of aryl methyl sites for hydroxylation is 2. The van der Waals surface area contributed by atoms with Crippen molar-refractivity contribution < 1.29 is 9.53 Å². The lowest BCUT2D eigenvalue weighted by atomic mass is 9.99. The van der Waals surface area contributed by atoms with Crippen LogP contribution in [-0.4, -0.2) is 29.3 Å². The van der Waals surface area contributed by atoms with Gasteiger partial charge in [-0.2, -0.15) is 0 Å². The Morgan fingerprint density at radius 3 is 2.29 bits per heavy atom. The van der Waals surface area contributed by atoms with Crippen molar-refractivity contribution in [3.8, 4) is 0 Å². The maximum absolute atomic E-state index is 12.2. The Morgan fingerprint density at radius 1 is 1.04 bits per heavy atom. The van der Waals surface area contributed by atoms with E-state index in [1.54, 1.807) is 6.07 Å². The first-order valence-corrected chi connectivity index (χ1v) is 8.19. The summed E-state index contributed by atoms with van der Waals surface area (Å²) in [5.74, 6) is 1.10. The van der Waals surface area contributed by atoms with Gasteiger partial charge in [-0.15, -0.1) is 10.2 Å². The minimum atomic E-state index is -0.0111. The van der Waals surface area contributed by atoms with E-state index in [1.165, 1.54) is 0 Å². The van der Waals surface area contributed by atoms with Gasteiger partial charge in [0.1, 0.15) is 0 Å². The van der Waals surface area contributed by atoms with E-state index in [4.69, 9.17) is 4.74 Å². The van der Waals surface area contributed by atoms with Gasteiger partial charge in [-0.1, -0.05) is 18.2 Å². The van der Waals surface area contributed by atoms with Crippen molar-refractivity contribution in [1.29, 1.82) is 0 Å². The first-order valence-electron chi connectivity index (χ1n) is 8.19. The quantitative estimate of drug-likeness (QED) is 0.902. The van der Waals surface area contributed by atoms with Gasteiger partial charge in [0.05, 0.1) is 0 Å². The fourth-order valence-corrected chi connectivity index (χ4v) is 2.79. The van der Waals surface area contributed by atoms with E-state index < -0.39 is 0 Å². The number of amides is 1. The van der Waals surface area contributed by atoms with Gasteiger partial charge < -0.3 is 15.4 Å². The highest BCUT2D eigenvalue weighted by Crippen LogP contribution is 2.23. The van der Waals surface area contributed by atoms with Crippen LogP contribution in [0.4, 0.5) is 17.3 Å². The highest BCUT2D eigenvalue weighted by molar-refractivity contribution is 5.91. The number of carbonyl (C=O) groups is 1. The maximum atomic E-state index is 12.2. The third-order valence-corrected chi connectivity index (χ3v) is 4.24. The molecule has 2 aromatic rings. The highest BCUT2D eigenvalue weighted by atomic mass is 16.5. The number of ether oxygens (including phenoxy) is 1. The number of hydrogen-bond donors (Lipinski definition) is 2. The molecule has 0 unspecified atom stereocenters. The molecule has 0 bridgehead atoms. The van der Waals surface area contributed by atoms with Gasteiger partial charge in [0.15, 0.2) is 11.6 Å². The number of nitrogens with zero attached hydrogens (tertiary/aromatic N) is 2. The summed E-state index contributed by atoms with van der Waals surface area (Å²) < 4.78 is 5.28. The molecule has 0 saturated carbocycles. The first kappa shape index (κ1) is 16.4. The van der Waals surface area contributed by atoms with E-state index in [0.717, 1.165) is 29.7 Å². The lowest BCUT2D eigenvalue weighted by Gasteiger charge is -2.20. The molecule has 1 aromatic heterocycles. The fourth-order valence-electron chi connectivity index (χ4n) is 2.79. The second-order valence-corrected chi connectivity index (χ2v) is 6.07. The fraction of sp³-hybridized carbons (Fsp3) is 0.389. The minimum Gasteiger partial charge on any atom is -0.381 e. The Labute approximate surface area is 141 Å². The Balaban J connectivity index is 1.64. The number of rotatable bonds is 4. The van der Waals surface area contributed by atoms with E-state index in [0.29, 0.717) is 24.8 Å². The molecule has 6 nitrogen and oxygen atoms in total. The first-order chi connectivity index (χ1) is 11.6. The summed E-state index contributed by atoms with van der Waals surface area (Å²) >= 11 is 0. The van der Waals surface area contributed by atoms with Crippen LogP contribution in [0.3, 0.4) is 0 Å². The molecule has 24 heavy (non-hydrogen) atoms. The molecule has 2 N–H and O–H groups in total. The number of hydrogen-bond acceptors (Lipinski definition) is 5. The van der Waals surface area contributed by atoms with Crippen molar-refractivity contribution in [2.45, 2.75) is 26.7 Å². The van der Waals surface area contributed by atoms with Gasteiger partial charge in [0, 0.05) is 24.8 Å². The Bertz CT molecular complexity index is 689. The van der Waals surface area contributed by atoms with Crippen LogP contribution in [0.1, 0.15) is 24.0 Å². The second-order valence-electron chi connectivity index (χ2n) is 6.07. The average Bonchev–Trinajstić information content (AvgIpc) is 2.60. The zero-order valence-electron chi connectivity index (χ0n) is 14.0. The number of carbonyl (C=O) groups excluding carboxylic acids is 1. The molecule has 126 valence electrons. The van der Waals surface area contributed by atoms with Crippen molar-refractivity contribution in [3.05, 3.63) is 41.5 Å². The number of aromatic nitrogens is 2. The minimum absolute atomic E-state index is 0.00651. The topological polar surface area (TPSA) is 76.1 Å². The summed E-state index contributed by atoms with van der Waals surface area (Å²) in [7, 11) is 0. The van der Waals surface area contributed by atoms with Crippen LogP contribution in [0, 0.1) is 19.8 Å². The van der Waals surface area contributed by atoms with Crippen LogP contribution in [0.5, 0.6) is 0 Å². The molecule has 1 fully saturated rings. The molecule has 1 amide bonds. The monoisotopic (exact) mass is 326 g/mol. The maximum Gasteiger partial charge on any atom is 0.228 e. The molecular weight excluding hydrogens is 304 g/mol.